The second-order valence-corrected chi connectivity index (χ2v) is 5.07. The molecule has 2 heterocycles. The smallest absolute Gasteiger partial charge is 0.255 e. The Kier molecular flexibility index (Phi) is 5.34. The minimum absolute atomic E-state index is 0.0943. The first-order valence-corrected chi connectivity index (χ1v) is 6.94. The van der Waals surface area contributed by atoms with E-state index >= 15 is 0 Å². The molecule has 0 aromatic carbocycles. The molecule has 0 atom stereocenters. The summed E-state index contributed by atoms with van der Waals surface area (Å²) in [6.45, 7) is 0.933. The van der Waals surface area contributed by atoms with Gasteiger partial charge in [-0.3, -0.25) is 14.8 Å². The fraction of sp³-hybridized carbons (Fsp3) is 0.200. The van der Waals surface area contributed by atoms with E-state index in [4.69, 9.17) is 18.0 Å². The Bertz CT molecular complexity index is 604. The van der Waals surface area contributed by atoms with Crippen molar-refractivity contribution in [2.24, 2.45) is 5.73 Å². The molecule has 0 unspecified atom stereocenters. The zero-order chi connectivity index (χ0) is 15.1. The van der Waals surface area contributed by atoms with Crippen LogP contribution < -0.4 is 5.73 Å². The molecule has 2 N–H and O–H groups in total. The highest BCUT2D eigenvalue weighted by atomic mass is 32.1. The molecule has 0 fully saturated rings. The van der Waals surface area contributed by atoms with Crippen LogP contribution in [0.3, 0.4) is 0 Å². The number of nitrogens with two attached hydrogens (primary N) is 1. The maximum Gasteiger partial charge on any atom is 0.255 e. The Hall–Kier alpha value is -2.34. The van der Waals surface area contributed by atoms with Crippen LogP contribution in [0.15, 0.2) is 49.1 Å². The van der Waals surface area contributed by atoms with Crippen LogP contribution >= 0.6 is 12.2 Å². The Labute approximate surface area is 128 Å². The fourth-order valence-corrected chi connectivity index (χ4v) is 1.97. The number of rotatable bonds is 6. The van der Waals surface area contributed by atoms with Gasteiger partial charge in [0.1, 0.15) is 0 Å². The van der Waals surface area contributed by atoms with Gasteiger partial charge in [0.2, 0.25) is 0 Å². The first kappa shape index (κ1) is 15.1. The number of carbonyl (C=O) groups excluding carboxylic acids is 1. The maximum atomic E-state index is 12.5. The number of aromatic nitrogens is 2. The second-order valence-electron chi connectivity index (χ2n) is 4.55. The van der Waals surface area contributed by atoms with E-state index in [9.17, 15) is 4.79 Å². The van der Waals surface area contributed by atoms with E-state index in [0.717, 1.165) is 5.56 Å². The lowest BCUT2D eigenvalue weighted by atomic mass is 10.2. The van der Waals surface area contributed by atoms with Crippen molar-refractivity contribution in [2.45, 2.75) is 13.0 Å². The van der Waals surface area contributed by atoms with Crippen LogP contribution in [0.4, 0.5) is 0 Å². The van der Waals surface area contributed by atoms with Crippen molar-refractivity contribution in [3.63, 3.8) is 0 Å². The summed E-state index contributed by atoms with van der Waals surface area (Å²) in [6, 6.07) is 7.25. The summed E-state index contributed by atoms with van der Waals surface area (Å²) >= 11 is 4.90. The Morgan fingerprint density at radius 3 is 2.48 bits per heavy atom. The van der Waals surface area contributed by atoms with Gasteiger partial charge >= 0.3 is 0 Å². The molecule has 2 aromatic heterocycles. The van der Waals surface area contributed by atoms with Gasteiger partial charge in [0.15, 0.2) is 0 Å². The summed E-state index contributed by atoms with van der Waals surface area (Å²) in [6.07, 6.45) is 7.12. The molecule has 2 rings (SSSR count). The van der Waals surface area contributed by atoms with Crippen molar-refractivity contribution in [2.75, 3.05) is 6.54 Å². The maximum absolute atomic E-state index is 12.5. The van der Waals surface area contributed by atoms with Gasteiger partial charge in [0.25, 0.3) is 5.91 Å². The highest BCUT2D eigenvalue weighted by Crippen LogP contribution is 2.09. The molecule has 6 heteroatoms. The van der Waals surface area contributed by atoms with Gasteiger partial charge in [-0.25, -0.2) is 0 Å². The number of nitrogens with zero attached hydrogens (tertiary/aromatic N) is 3. The summed E-state index contributed by atoms with van der Waals surface area (Å²) in [5, 5.41) is 0. The van der Waals surface area contributed by atoms with Crippen LogP contribution in [-0.4, -0.2) is 32.3 Å². The van der Waals surface area contributed by atoms with Crippen LogP contribution in [0, 0.1) is 0 Å². The summed E-state index contributed by atoms with van der Waals surface area (Å²) in [4.78, 5) is 22.7. The van der Waals surface area contributed by atoms with E-state index in [1.807, 2.05) is 12.1 Å². The van der Waals surface area contributed by atoms with Gasteiger partial charge in [0, 0.05) is 44.3 Å². The summed E-state index contributed by atoms with van der Waals surface area (Å²) in [5.41, 5.74) is 7.04. The molecule has 0 bridgehead atoms. The molecule has 0 aliphatic rings. The van der Waals surface area contributed by atoms with E-state index in [2.05, 4.69) is 9.97 Å². The lowest BCUT2D eigenvalue weighted by Crippen LogP contribution is -2.33. The highest BCUT2D eigenvalue weighted by molar-refractivity contribution is 7.80. The zero-order valence-corrected chi connectivity index (χ0v) is 12.3. The molecule has 0 radical (unpaired) electrons. The summed E-state index contributed by atoms with van der Waals surface area (Å²) in [7, 11) is 0. The Morgan fingerprint density at radius 2 is 1.90 bits per heavy atom. The first-order valence-electron chi connectivity index (χ1n) is 6.53. The predicted octanol–water partition coefficient (Wildman–Crippen LogP) is 1.80. The van der Waals surface area contributed by atoms with Crippen molar-refractivity contribution in [1.82, 2.24) is 14.9 Å². The SMILES string of the molecule is NC(=S)CCN(Cc1cccnc1)C(=O)c1cccnc1. The lowest BCUT2D eigenvalue weighted by molar-refractivity contribution is 0.0747. The van der Waals surface area contributed by atoms with Crippen molar-refractivity contribution < 1.29 is 4.79 Å². The van der Waals surface area contributed by atoms with Crippen molar-refractivity contribution in [3.8, 4) is 0 Å². The fourth-order valence-electron chi connectivity index (χ4n) is 1.88. The molecule has 1 amide bonds. The molecule has 0 aliphatic heterocycles. The topological polar surface area (TPSA) is 72.1 Å². The van der Waals surface area contributed by atoms with Crippen LogP contribution in [0.1, 0.15) is 22.3 Å². The van der Waals surface area contributed by atoms with E-state index in [0.29, 0.717) is 30.1 Å². The molecule has 0 saturated heterocycles. The highest BCUT2D eigenvalue weighted by Gasteiger charge is 2.16. The molecular formula is C15H16N4OS. The third kappa shape index (κ3) is 4.61. The van der Waals surface area contributed by atoms with Gasteiger partial charge in [-0.2, -0.15) is 0 Å². The summed E-state index contributed by atoms with van der Waals surface area (Å²) in [5.74, 6) is -0.0943. The van der Waals surface area contributed by atoms with E-state index in [1.54, 1.807) is 41.8 Å². The number of hydrogen-bond acceptors (Lipinski definition) is 4. The normalized spacial score (nSPS) is 10.1. The molecule has 0 aliphatic carbocycles. The molecular weight excluding hydrogens is 284 g/mol. The minimum atomic E-state index is -0.0943. The van der Waals surface area contributed by atoms with E-state index in [-0.39, 0.29) is 5.91 Å². The molecule has 0 saturated carbocycles. The lowest BCUT2D eigenvalue weighted by Gasteiger charge is -2.22. The average molecular weight is 300 g/mol. The van der Waals surface area contributed by atoms with Gasteiger partial charge < -0.3 is 10.6 Å². The van der Waals surface area contributed by atoms with E-state index < -0.39 is 0 Å². The van der Waals surface area contributed by atoms with Gasteiger partial charge in [-0.05, 0) is 23.8 Å². The number of thiocarbonyl (C=S) groups is 1. The van der Waals surface area contributed by atoms with Gasteiger partial charge in [-0.15, -0.1) is 0 Å². The quantitative estimate of drug-likeness (QED) is 0.824. The zero-order valence-electron chi connectivity index (χ0n) is 11.5. The molecule has 108 valence electrons. The second kappa shape index (κ2) is 7.44. The van der Waals surface area contributed by atoms with E-state index in [1.165, 1.54) is 0 Å². The Balaban J connectivity index is 2.15. The van der Waals surface area contributed by atoms with Crippen LogP contribution in [0.25, 0.3) is 0 Å². The number of amides is 1. The van der Waals surface area contributed by atoms with Gasteiger partial charge in [-0.1, -0.05) is 18.3 Å². The van der Waals surface area contributed by atoms with Crippen LogP contribution in [-0.2, 0) is 6.54 Å². The standard InChI is InChI=1S/C15H16N4OS/c16-14(21)5-8-19(11-12-3-1-6-17-9-12)15(20)13-4-2-7-18-10-13/h1-4,6-7,9-10H,5,8,11H2,(H2,16,21). The van der Waals surface area contributed by atoms with Crippen molar-refractivity contribution in [3.05, 3.63) is 60.2 Å². The molecule has 0 spiro atoms. The average Bonchev–Trinajstić information content (AvgIpc) is 2.52. The van der Waals surface area contributed by atoms with Crippen molar-refractivity contribution in [1.29, 1.82) is 0 Å². The number of carbonyl (C=O) groups is 1. The molecule has 5 nitrogen and oxygen atoms in total. The van der Waals surface area contributed by atoms with Gasteiger partial charge in [0.05, 0.1) is 10.6 Å². The summed E-state index contributed by atoms with van der Waals surface area (Å²) < 4.78 is 0. The number of pyridine rings is 2. The monoisotopic (exact) mass is 300 g/mol. The predicted molar refractivity (Wildman–Crippen MR) is 84.6 cm³/mol. The molecule has 2 aromatic rings. The minimum Gasteiger partial charge on any atom is -0.393 e. The van der Waals surface area contributed by atoms with Crippen molar-refractivity contribution >= 4 is 23.1 Å². The number of hydrogen-bond donors (Lipinski definition) is 1. The van der Waals surface area contributed by atoms with Crippen LogP contribution in [0.5, 0.6) is 0 Å². The third-order valence-corrected chi connectivity index (χ3v) is 3.12. The molecule has 21 heavy (non-hydrogen) atoms. The third-order valence-electron chi connectivity index (χ3n) is 2.92. The van der Waals surface area contributed by atoms with Crippen LogP contribution in [0.2, 0.25) is 0 Å². The first-order chi connectivity index (χ1) is 10.2. The largest absolute Gasteiger partial charge is 0.393 e. The Morgan fingerprint density at radius 1 is 1.19 bits per heavy atom.